The van der Waals surface area contributed by atoms with Crippen LogP contribution in [-0.4, -0.2) is 23.8 Å². The molecule has 0 atom stereocenters. The summed E-state index contributed by atoms with van der Waals surface area (Å²) in [6.45, 7) is 2.14. The quantitative estimate of drug-likeness (QED) is 0.487. The number of carbonyl (C=O) groups excluding carboxylic acids is 1. The highest BCUT2D eigenvalue weighted by Gasteiger charge is 2.19. The Bertz CT molecular complexity index is 755. The molecule has 0 saturated heterocycles. The fraction of sp³-hybridized carbons (Fsp3) is 0.167. The zero-order chi connectivity index (χ0) is 16.4. The third-order valence-electron chi connectivity index (χ3n) is 3.80. The van der Waals surface area contributed by atoms with Crippen LogP contribution < -0.4 is 0 Å². The van der Waals surface area contributed by atoms with Gasteiger partial charge in [-0.3, -0.25) is 9.69 Å². The molecule has 2 aromatic rings. The lowest BCUT2D eigenvalue weighted by Crippen LogP contribution is -2.21. The van der Waals surface area contributed by atoms with Gasteiger partial charge in [-0.05, 0) is 17.7 Å². The van der Waals surface area contributed by atoms with Gasteiger partial charge in [0, 0.05) is 30.8 Å². The van der Waals surface area contributed by atoms with Gasteiger partial charge in [-0.1, -0.05) is 36.4 Å². The summed E-state index contributed by atoms with van der Waals surface area (Å²) in [5, 5.41) is 0. The van der Waals surface area contributed by atoms with E-state index in [1.165, 1.54) is 0 Å². The molecular formula is C18H14F3NO. The Labute approximate surface area is 131 Å². The van der Waals surface area contributed by atoms with Crippen molar-refractivity contribution in [3.8, 4) is 0 Å². The Morgan fingerprint density at radius 1 is 1.00 bits per heavy atom. The van der Waals surface area contributed by atoms with Crippen LogP contribution in [0.2, 0.25) is 0 Å². The average Bonchev–Trinajstić information content (AvgIpc) is 3.05. The predicted octanol–water partition coefficient (Wildman–Crippen LogP) is 3.71. The highest BCUT2D eigenvalue weighted by atomic mass is 19.2. The van der Waals surface area contributed by atoms with Crippen LogP contribution in [0.15, 0.2) is 48.6 Å². The van der Waals surface area contributed by atoms with Crippen LogP contribution in [0.5, 0.6) is 0 Å². The first kappa shape index (κ1) is 15.5. The number of hydrogen-bond acceptors (Lipinski definition) is 2. The molecule has 23 heavy (non-hydrogen) atoms. The third kappa shape index (κ3) is 3.19. The van der Waals surface area contributed by atoms with Gasteiger partial charge in [-0.2, -0.15) is 0 Å². The van der Waals surface area contributed by atoms with Gasteiger partial charge in [-0.15, -0.1) is 0 Å². The molecule has 0 N–H and O–H groups in total. The van der Waals surface area contributed by atoms with Crippen molar-refractivity contribution in [1.82, 2.24) is 4.90 Å². The average molecular weight is 317 g/mol. The lowest BCUT2D eigenvalue weighted by molar-refractivity contribution is 0.103. The van der Waals surface area contributed by atoms with Gasteiger partial charge in [0.25, 0.3) is 0 Å². The number of ketones is 1. The molecule has 118 valence electrons. The molecule has 1 aliphatic rings. The Balaban J connectivity index is 1.93. The molecule has 0 spiro atoms. The van der Waals surface area contributed by atoms with Crippen molar-refractivity contribution in [1.29, 1.82) is 0 Å². The second kappa shape index (κ2) is 6.38. The number of halogens is 3. The smallest absolute Gasteiger partial charge is 0.194 e. The van der Waals surface area contributed by atoms with Gasteiger partial charge in [0.1, 0.15) is 0 Å². The Morgan fingerprint density at radius 3 is 2.26 bits per heavy atom. The number of nitrogens with zero attached hydrogens (tertiary/aromatic N) is 1. The van der Waals surface area contributed by atoms with Crippen molar-refractivity contribution in [2.75, 3.05) is 13.1 Å². The van der Waals surface area contributed by atoms with Gasteiger partial charge < -0.3 is 0 Å². The summed E-state index contributed by atoms with van der Waals surface area (Å²) in [7, 11) is 0. The van der Waals surface area contributed by atoms with E-state index in [0.29, 0.717) is 12.1 Å². The van der Waals surface area contributed by atoms with E-state index >= 15 is 0 Å². The molecule has 0 radical (unpaired) electrons. The van der Waals surface area contributed by atoms with Crippen molar-refractivity contribution in [3.05, 3.63) is 82.7 Å². The van der Waals surface area contributed by atoms with E-state index in [2.05, 4.69) is 4.90 Å². The maximum Gasteiger partial charge on any atom is 0.194 e. The molecule has 5 heteroatoms. The Kier molecular flexibility index (Phi) is 4.30. The highest BCUT2D eigenvalue weighted by Crippen LogP contribution is 2.20. The fourth-order valence-corrected chi connectivity index (χ4v) is 2.61. The van der Waals surface area contributed by atoms with Gasteiger partial charge in [0.2, 0.25) is 0 Å². The van der Waals surface area contributed by atoms with Crippen molar-refractivity contribution < 1.29 is 18.0 Å². The van der Waals surface area contributed by atoms with Crippen LogP contribution in [0.25, 0.3) is 0 Å². The molecule has 0 aromatic heterocycles. The molecule has 3 rings (SSSR count). The van der Waals surface area contributed by atoms with Crippen molar-refractivity contribution in [2.24, 2.45) is 0 Å². The lowest BCUT2D eigenvalue weighted by Gasteiger charge is -2.17. The van der Waals surface area contributed by atoms with Crippen LogP contribution in [0, 0.1) is 17.5 Å². The topological polar surface area (TPSA) is 20.3 Å². The van der Waals surface area contributed by atoms with Gasteiger partial charge in [0.15, 0.2) is 23.2 Å². The van der Waals surface area contributed by atoms with E-state index in [0.717, 1.165) is 30.8 Å². The molecule has 0 unspecified atom stereocenters. The van der Waals surface area contributed by atoms with Crippen LogP contribution >= 0.6 is 0 Å². The summed E-state index contributed by atoms with van der Waals surface area (Å²) in [5.41, 5.74) is 0.935. The number of carbonyl (C=O) groups is 1. The van der Waals surface area contributed by atoms with Crippen molar-refractivity contribution >= 4 is 5.78 Å². The fourth-order valence-electron chi connectivity index (χ4n) is 2.61. The van der Waals surface area contributed by atoms with Gasteiger partial charge in [0.05, 0.1) is 0 Å². The van der Waals surface area contributed by atoms with E-state index in [9.17, 15) is 18.0 Å². The molecule has 0 saturated carbocycles. The first-order valence-corrected chi connectivity index (χ1v) is 7.21. The van der Waals surface area contributed by atoms with E-state index in [-0.39, 0.29) is 5.56 Å². The van der Waals surface area contributed by atoms with Crippen molar-refractivity contribution in [2.45, 2.75) is 6.54 Å². The predicted molar refractivity (Wildman–Crippen MR) is 80.6 cm³/mol. The van der Waals surface area contributed by atoms with E-state index in [4.69, 9.17) is 0 Å². The number of hydrogen-bond donors (Lipinski definition) is 0. The minimum absolute atomic E-state index is 0.201. The SMILES string of the molecule is O=C(c1cc(F)c(F)c(F)c1)c1ccccc1CN1CC=CC1. The van der Waals surface area contributed by atoms with E-state index in [1.807, 2.05) is 18.2 Å². The Morgan fingerprint density at radius 2 is 1.61 bits per heavy atom. The minimum atomic E-state index is -1.57. The molecular weight excluding hydrogens is 303 g/mol. The highest BCUT2D eigenvalue weighted by molar-refractivity contribution is 6.09. The molecule has 0 amide bonds. The maximum atomic E-state index is 13.4. The molecule has 1 aliphatic heterocycles. The molecule has 0 aliphatic carbocycles. The second-order valence-electron chi connectivity index (χ2n) is 5.41. The largest absolute Gasteiger partial charge is 0.292 e. The maximum absolute atomic E-state index is 13.4. The molecule has 1 heterocycles. The summed E-state index contributed by atoms with van der Waals surface area (Å²) in [4.78, 5) is 14.7. The zero-order valence-electron chi connectivity index (χ0n) is 12.2. The number of rotatable bonds is 4. The van der Waals surface area contributed by atoms with Crippen LogP contribution in [-0.2, 0) is 6.54 Å². The van der Waals surface area contributed by atoms with E-state index < -0.39 is 23.2 Å². The normalized spacial score (nSPS) is 14.4. The summed E-state index contributed by atoms with van der Waals surface area (Å²) in [6.07, 6.45) is 4.07. The zero-order valence-corrected chi connectivity index (χ0v) is 12.2. The molecule has 2 nitrogen and oxygen atoms in total. The first-order valence-electron chi connectivity index (χ1n) is 7.21. The molecule has 2 aromatic carbocycles. The summed E-state index contributed by atoms with van der Waals surface area (Å²) < 4.78 is 39.8. The van der Waals surface area contributed by atoms with Gasteiger partial charge >= 0.3 is 0 Å². The van der Waals surface area contributed by atoms with Gasteiger partial charge in [-0.25, -0.2) is 13.2 Å². The third-order valence-corrected chi connectivity index (χ3v) is 3.80. The Hall–Kier alpha value is -2.40. The van der Waals surface area contributed by atoms with Crippen molar-refractivity contribution in [3.63, 3.8) is 0 Å². The molecule has 0 bridgehead atoms. The summed E-state index contributed by atoms with van der Waals surface area (Å²) in [6, 6.07) is 8.38. The molecule has 0 fully saturated rings. The second-order valence-corrected chi connectivity index (χ2v) is 5.41. The minimum Gasteiger partial charge on any atom is -0.292 e. The van der Waals surface area contributed by atoms with Crippen LogP contribution in [0.3, 0.4) is 0 Å². The van der Waals surface area contributed by atoms with Crippen LogP contribution in [0.4, 0.5) is 13.2 Å². The first-order chi connectivity index (χ1) is 11.1. The summed E-state index contributed by atoms with van der Waals surface area (Å²) in [5.74, 6) is -4.83. The number of benzene rings is 2. The van der Waals surface area contributed by atoms with Crippen LogP contribution in [0.1, 0.15) is 21.5 Å². The lowest BCUT2D eigenvalue weighted by atomic mass is 9.97. The standard InChI is InChI=1S/C18H14F3NO/c19-15-9-13(10-16(20)17(15)21)18(23)14-6-2-1-5-12(14)11-22-7-3-4-8-22/h1-6,9-10H,7-8,11H2. The monoisotopic (exact) mass is 317 g/mol. The van der Waals surface area contributed by atoms with E-state index in [1.54, 1.807) is 18.2 Å². The summed E-state index contributed by atoms with van der Waals surface area (Å²) >= 11 is 0.